The van der Waals surface area contributed by atoms with Crippen LogP contribution in [0, 0.1) is 19.8 Å². The molecule has 1 aliphatic carbocycles. The highest BCUT2D eigenvalue weighted by atomic mass is 16.2. The average molecular weight is 288 g/mol. The van der Waals surface area contributed by atoms with Crippen LogP contribution in [-0.2, 0) is 9.59 Å². The van der Waals surface area contributed by atoms with Gasteiger partial charge in [0.15, 0.2) is 0 Å². The lowest BCUT2D eigenvalue weighted by atomic mass is 9.86. The minimum Gasteiger partial charge on any atom is -0.345 e. The molecule has 0 spiro atoms. The number of carbonyl (C=O) groups excluding carboxylic acids is 2. The van der Waals surface area contributed by atoms with Crippen molar-refractivity contribution in [2.24, 2.45) is 5.92 Å². The molecule has 0 unspecified atom stereocenters. The fourth-order valence-electron chi connectivity index (χ4n) is 3.00. The SMILES string of the molecule is Cc1cc(C)cc(NC(=O)C(=O)N[C@@H]2CCCC[C@H]2C)c1. The van der Waals surface area contributed by atoms with Crippen LogP contribution < -0.4 is 10.6 Å². The lowest BCUT2D eigenvalue weighted by molar-refractivity contribution is -0.137. The van der Waals surface area contributed by atoms with Crippen LogP contribution in [-0.4, -0.2) is 17.9 Å². The number of hydrogen-bond acceptors (Lipinski definition) is 2. The van der Waals surface area contributed by atoms with Crippen LogP contribution in [0.1, 0.15) is 43.7 Å². The summed E-state index contributed by atoms with van der Waals surface area (Å²) in [5, 5.41) is 5.54. The molecule has 1 aliphatic rings. The van der Waals surface area contributed by atoms with E-state index < -0.39 is 11.8 Å². The Morgan fingerprint density at radius 1 is 1.00 bits per heavy atom. The van der Waals surface area contributed by atoms with Gasteiger partial charge in [-0.15, -0.1) is 0 Å². The van der Waals surface area contributed by atoms with E-state index in [-0.39, 0.29) is 6.04 Å². The van der Waals surface area contributed by atoms with Gasteiger partial charge in [0.25, 0.3) is 0 Å². The maximum absolute atomic E-state index is 12.0. The summed E-state index contributed by atoms with van der Waals surface area (Å²) in [6, 6.07) is 5.87. The smallest absolute Gasteiger partial charge is 0.313 e. The zero-order valence-corrected chi connectivity index (χ0v) is 13.0. The highest BCUT2D eigenvalue weighted by Gasteiger charge is 2.25. The lowest BCUT2D eigenvalue weighted by Crippen LogP contribution is -2.45. The van der Waals surface area contributed by atoms with E-state index in [0.717, 1.165) is 30.4 Å². The fourth-order valence-corrected chi connectivity index (χ4v) is 3.00. The highest BCUT2D eigenvalue weighted by Crippen LogP contribution is 2.23. The molecule has 1 aromatic carbocycles. The molecule has 1 aromatic rings. The van der Waals surface area contributed by atoms with Gasteiger partial charge in [-0.1, -0.05) is 25.8 Å². The van der Waals surface area contributed by atoms with Crippen molar-refractivity contribution in [3.63, 3.8) is 0 Å². The van der Waals surface area contributed by atoms with Gasteiger partial charge in [-0.2, -0.15) is 0 Å². The topological polar surface area (TPSA) is 58.2 Å². The van der Waals surface area contributed by atoms with Crippen molar-refractivity contribution in [1.82, 2.24) is 5.32 Å². The third-order valence-electron chi connectivity index (χ3n) is 4.11. The molecule has 0 heterocycles. The molecule has 21 heavy (non-hydrogen) atoms. The van der Waals surface area contributed by atoms with Crippen LogP contribution >= 0.6 is 0 Å². The zero-order chi connectivity index (χ0) is 15.4. The number of benzene rings is 1. The van der Waals surface area contributed by atoms with Crippen LogP contribution in [0.3, 0.4) is 0 Å². The van der Waals surface area contributed by atoms with Crippen LogP contribution in [0.15, 0.2) is 18.2 Å². The summed E-state index contributed by atoms with van der Waals surface area (Å²) < 4.78 is 0. The number of amides is 2. The monoisotopic (exact) mass is 288 g/mol. The van der Waals surface area contributed by atoms with Crippen LogP contribution in [0.5, 0.6) is 0 Å². The number of hydrogen-bond donors (Lipinski definition) is 2. The summed E-state index contributed by atoms with van der Waals surface area (Å²) in [7, 11) is 0. The first kappa shape index (κ1) is 15.5. The Bertz CT molecular complexity index is 519. The molecule has 1 fully saturated rings. The molecule has 2 amide bonds. The molecule has 0 aromatic heterocycles. The standard InChI is InChI=1S/C17H24N2O2/c1-11-8-12(2)10-14(9-11)18-16(20)17(21)19-15-7-5-4-6-13(15)3/h8-10,13,15H,4-7H2,1-3H3,(H,18,20)(H,19,21)/t13-,15-/m1/s1. The quantitative estimate of drug-likeness (QED) is 0.822. The molecule has 2 N–H and O–H groups in total. The Morgan fingerprint density at radius 3 is 2.24 bits per heavy atom. The van der Waals surface area contributed by atoms with Crippen molar-refractivity contribution in [3.8, 4) is 0 Å². The number of carbonyl (C=O) groups is 2. The molecular formula is C17H24N2O2. The maximum atomic E-state index is 12.0. The van der Waals surface area contributed by atoms with Crippen LogP contribution in [0.4, 0.5) is 5.69 Å². The molecule has 1 saturated carbocycles. The zero-order valence-electron chi connectivity index (χ0n) is 13.0. The molecular weight excluding hydrogens is 264 g/mol. The number of aryl methyl sites for hydroxylation is 2. The Balaban J connectivity index is 1.94. The van der Waals surface area contributed by atoms with Gasteiger partial charge >= 0.3 is 11.8 Å². The fraction of sp³-hybridized carbons (Fsp3) is 0.529. The Morgan fingerprint density at radius 2 is 1.62 bits per heavy atom. The second-order valence-corrected chi connectivity index (χ2v) is 6.17. The van der Waals surface area contributed by atoms with E-state index in [4.69, 9.17) is 0 Å². The maximum Gasteiger partial charge on any atom is 0.313 e. The molecule has 0 aliphatic heterocycles. The van der Waals surface area contributed by atoms with Crippen LogP contribution in [0.2, 0.25) is 0 Å². The lowest BCUT2D eigenvalue weighted by Gasteiger charge is -2.29. The minimum atomic E-state index is -0.585. The van der Waals surface area contributed by atoms with Crippen molar-refractivity contribution in [3.05, 3.63) is 29.3 Å². The predicted octanol–water partition coefficient (Wildman–Crippen LogP) is 2.94. The summed E-state index contributed by atoms with van der Waals surface area (Å²) in [6.45, 7) is 6.06. The van der Waals surface area contributed by atoms with Crippen molar-refractivity contribution in [2.75, 3.05) is 5.32 Å². The number of anilines is 1. The first-order valence-corrected chi connectivity index (χ1v) is 7.66. The van der Waals surface area contributed by atoms with Gasteiger partial charge in [-0.3, -0.25) is 9.59 Å². The minimum absolute atomic E-state index is 0.122. The van der Waals surface area contributed by atoms with Gasteiger partial charge in [0.2, 0.25) is 0 Å². The molecule has 0 bridgehead atoms. The molecule has 2 atom stereocenters. The third kappa shape index (κ3) is 4.31. The second-order valence-electron chi connectivity index (χ2n) is 6.17. The molecule has 4 nitrogen and oxygen atoms in total. The molecule has 2 rings (SSSR count). The van der Waals surface area contributed by atoms with E-state index in [1.54, 1.807) is 0 Å². The van der Waals surface area contributed by atoms with Gasteiger partial charge in [0.1, 0.15) is 0 Å². The van der Waals surface area contributed by atoms with Gasteiger partial charge in [0, 0.05) is 11.7 Å². The predicted molar refractivity (Wildman–Crippen MR) is 84.1 cm³/mol. The number of rotatable bonds is 2. The van der Waals surface area contributed by atoms with E-state index in [9.17, 15) is 9.59 Å². The van der Waals surface area contributed by atoms with Gasteiger partial charge < -0.3 is 10.6 Å². The van der Waals surface area contributed by atoms with Crippen molar-refractivity contribution >= 4 is 17.5 Å². The largest absolute Gasteiger partial charge is 0.345 e. The summed E-state index contributed by atoms with van der Waals surface area (Å²) >= 11 is 0. The van der Waals surface area contributed by atoms with Gasteiger partial charge in [-0.05, 0) is 55.9 Å². The van der Waals surface area contributed by atoms with Crippen molar-refractivity contribution in [2.45, 2.75) is 52.5 Å². The molecule has 114 valence electrons. The van der Waals surface area contributed by atoms with E-state index in [0.29, 0.717) is 11.6 Å². The first-order valence-electron chi connectivity index (χ1n) is 7.66. The summed E-state index contributed by atoms with van der Waals surface area (Å²) in [4.78, 5) is 24.0. The Hall–Kier alpha value is -1.84. The summed E-state index contributed by atoms with van der Waals surface area (Å²) in [5.41, 5.74) is 2.79. The van der Waals surface area contributed by atoms with Gasteiger partial charge in [-0.25, -0.2) is 0 Å². The molecule has 4 heteroatoms. The third-order valence-corrected chi connectivity index (χ3v) is 4.11. The van der Waals surface area contributed by atoms with Crippen LogP contribution in [0.25, 0.3) is 0 Å². The Labute approximate surface area is 126 Å². The first-order chi connectivity index (χ1) is 9.95. The van der Waals surface area contributed by atoms with Crippen molar-refractivity contribution < 1.29 is 9.59 Å². The molecule has 0 radical (unpaired) electrons. The molecule has 0 saturated heterocycles. The number of nitrogens with one attached hydrogen (secondary N) is 2. The van der Waals surface area contributed by atoms with E-state index in [1.807, 2.05) is 32.0 Å². The second kappa shape index (κ2) is 6.74. The van der Waals surface area contributed by atoms with Crippen molar-refractivity contribution in [1.29, 1.82) is 0 Å². The van der Waals surface area contributed by atoms with Gasteiger partial charge in [0.05, 0.1) is 0 Å². The highest BCUT2D eigenvalue weighted by molar-refractivity contribution is 6.39. The van der Waals surface area contributed by atoms with E-state index in [2.05, 4.69) is 17.6 Å². The van der Waals surface area contributed by atoms with E-state index >= 15 is 0 Å². The Kier molecular flexibility index (Phi) is 4.99. The normalized spacial score (nSPS) is 21.7. The summed E-state index contributed by atoms with van der Waals surface area (Å²) in [5.74, 6) is -0.678. The average Bonchev–Trinajstić information content (AvgIpc) is 2.40. The van der Waals surface area contributed by atoms with E-state index in [1.165, 1.54) is 6.42 Å². The summed E-state index contributed by atoms with van der Waals surface area (Å²) in [6.07, 6.45) is 4.41.